The van der Waals surface area contributed by atoms with Crippen molar-refractivity contribution in [2.24, 2.45) is 18.2 Å². The fourth-order valence-corrected chi connectivity index (χ4v) is 2.87. The lowest BCUT2D eigenvalue weighted by molar-refractivity contribution is -0.148. The number of hydrogen-bond donors (Lipinski definition) is 1. The first-order valence-electron chi connectivity index (χ1n) is 7.14. The Hall–Kier alpha value is -1.36. The lowest BCUT2D eigenvalue weighted by atomic mass is 9.67. The molecular weight excluding hydrogens is 240 g/mol. The zero-order valence-electron chi connectivity index (χ0n) is 11.5. The van der Waals surface area contributed by atoms with Crippen LogP contribution in [0.4, 0.5) is 0 Å². The second-order valence-corrected chi connectivity index (χ2v) is 5.96. The first-order valence-corrected chi connectivity index (χ1v) is 7.14. The van der Waals surface area contributed by atoms with E-state index < -0.39 is 0 Å². The van der Waals surface area contributed by atoms with E-state index in [4.69, 9.17) is 5.73 Å². The van der Waals surface area contributed by atoms with Gasteiger partial charge in [0.25, 0.3) is 0 Å². The van der Waals surface area contributed by atoms with Gasteiger partial charge in [-0.1, -0.05) is 6.42 Å². The van der Waals surface area contributed by atoms with Crippen LogP contribution in [0.25, 0.3) is 0 Å². The molecule has 0 bridgehead atoms. The van der Waals surface area contributed by atoms with Crippen molar-refractivity contribution < 1.29 is 4.79 Å². The molecule has 2 aliphatic carbocycles. The molecule has 0 radical (unpaired) electrons. The molecule has 0 aliphatic heterocycles. The molecule has 19 heavy (non-hydrogen) atoms. The Balaban J connectivity index is 1.78. The number of carbonyl (C=O) groups is 1. The van der Waals surface area contributed by atoms with Gasteiger partial charge in [-0.05, 0) is 25.7 Å². The molecule has 0 unspecified atom stereocenters. The van der Waals surface area contributed by atoms with Crippen molar-refractivity contribution in [3.63, 3.8) is 0 Å². The maximum atomic E-state index is 12.8. The Morgan fingerprint density at radius 2 is 2.32 bits per heavy atom. The largest absolute Gasteiger partial charge is 0.337 e. The van der Waals surface area contributed by atoms with Gasteiger partial charge in [0.05, 0.1) is 12.0 Å². The number of rotatable bonds is 5. The number of aryl methyl sites for hydroxylation is 1. The summed E-state index contributed by atoms with van der Waals surface area (Å²) >= 11 is 0. The van der Waals surface area contributed by atoms with Crippen molar-refractivity contribution in [3.05, 3.63) is 18.2 Å². The second-order valence-electron chi connectivity index (χ2n) is 5.96. The molecular formula is C14H22N4O. The highest BCUT2D eigenvalue weighted by Gasteiger charge is 2.48. The van der Waals surface area contributed by atoms with Crippen molar-refractivity contribution in [3.8, 4) is 0 Å². The molecule has 2 aliphatic rings. The molecule has 1 aromatic heterocycles. The topological polar surface area (TPSA) is 64.2 Å². The van der Waals surface area contributed by atoms with Crippen LogP contribution in [0, 0.1) is 5.41 Å². The van der Waals surface area contributed by atoms with Gasteiger partial charge in [-0.3, -0.25) is 4.79 Å². The molecule has 0 aromatic carbocycles. The van der Waals surface area contributed by atoms with Crippen LogP contribution in [0.2, 0.25) is 0 Å². The van der Waals surface area contributed by atoms with Crippen molar-refractivity contribution in [1.29, 1.82) is 0 Å². The van der Waals surface area contributed by atoms with E-state index in [0.717, 1.165) is 37.9 Å². The third kappa shape index (κ3) is 2.16. The summed E-state index contributed by atoms with van der Waals surface area (Å²) in [7, 11) is 1.97. The van der Waals surface area contributed by atoms with E-state index in [0.29, 0.717) is 19.1 Å². The molecule has 5 nitrogen and oxygen atoms in total. The lowest BCUT2D eigenvalue weighted by Gasteiger charge is -2.42. The van der Waals surface area contributed by atoms with Crippen molar-refractivity contribution in [1.82, 2.24) is 14.5 Å². The Labute approximate surface area is 113 Å². The highest BCUT2D eigenvalue weighted by molar-refractivity contribution is 5.84. The zero-order chi connectivity index (χ0) is 13.5. The first-order chi connectivity index (χ1) is 9.16. The van der Waals surface area contributed by atoms with E-state index in [2.05, 4.69) is 4.98 Å². The summed E-state index contributed by atoms with van der Waals surface area (Å²) in [5, 5.41) is 0. The number of carbonyl (C=O) groups excluding carboxylic acids is 1. The number of nitrogens with two attached hydrogens (primary N) is 1. The average Bonchev–Trinajstić information content (AvgIpc) is 3.10. The Bertz CT molecular complexity index is 468. The summed E-state index contributed by atoms with van der Waals surface area (Å²) < 4.78 is 1.98. The highest BCUT2D eigenvalue weighted by atomic mass is 16.2. The predicted octanol–water partition coefficient (Wildman–Crippen LogP) is 1.04. The van der Waals surface area contributed by atoms with Gasteiger partial charge in [-0.25, -0.2) is 4.98 Å². The van der Waals surface area contributed by atoms with Crippen LogP contribution in [-0.2, 0) is 18.4 Å². The smallest absolute Gasteiger partial charge is 0.230 e. The minimum absolute atomic E-state index is 0.256. The number of aromatic nitrogens is 2. The maximum Gasteiger partial charge on any atom is 0.230 e. The second kappa shape index (κ2) is 4.63. The van der Waals surface area contributed by atoms with Gasteiger partial charge in [0, 0.05) is 32.0 Å². The van der Waals surface area contributed by atoms with Gasteiger partial charge in [0.1, 0.15) is 5.82 Å². The Morgan fingerprint density at radius 1 is 1.58 bits per heavy atom. The van der Waals surface area contributed by atoms with Gasteiger partial charge in [-0.2, -0.15) is 0 Å². The van der Waals surface area contributed by atoms with E-state index in [1.165, 1.54) is 0 Å². The molecule has 104 valence electrons. The van der Waals surface area contributed by atoms with Crippen molar-refractivity contribution in [2.75, 3.05) is 6.54 Å². The lowest BCUT2D eigenvalue weighted by Crippen LogP contribution is -2.52. The van der Waals surface area contributed by atoms with Gasteiger partial charge in [0.2, 0.25) is 5.91 Å². The molecule has 2 fully saturated rings. The molecule has 0 saturated heterocycles. The molecule has 0 spiro atoms. The third-order valence-corrected chi connectivity index (χ3v) is 4.64. The summed E-state index contributed by atoms with van der Waals surface area (Å²) in [6.07, 6.45) is 8.98. The van der Waals surface area contributed by atoms with Crippen LogP contribution in [0.15, 0.2) is 12.4 Å². The van der Waals surface area contributed by atoms with E-state index in [1.807, 2.05) is 22.7 Å². The van der Waals surface area contributed by atoms with E-state index >= 15 is 0 Å². The van der Waals surface area contributed by atoms with Crippen LogP contribution in [0.5, 0.6) is 0 Å². The molecule has 0 atom stereocenters. The van der Waals surface area contributed by atoms with Crippen LogP contribution >= 0.6 is 0 Å². The van der Waals surface area contributed by atoms with Crippen molar-refractivity contribution in [2.45, 2.75) is 44.7 Å². The van der Waals surface area contributed by atoms with Crippen LogP contribution in [0.1, 0.15) is 37.9 Å². The van der Waals surface area contributed by atoms with Crippen LogP contribution < -0.4 is 5.73 Å². The van der Waals surface area contributed by atoms with Gasteiger partial charge in [0.15, 0.2) is 0 Å². The van der Waals surface area contributed by atoms with Gasteiger partial charge in [-0.15, -0.1) is 0 Å². The molecule has 5 heteroatoms. The normalized spacial score (nSPS) is 20.9. The molecule has 2 N–H and O–H groups in total. The number of imidazole rings is 1. The maximum absolute atomic E-state index is 12.8. The average molecular weight is 262 g/mol. The molecule has 1 aromatic rings. The summed E-state index contributed by atoms with van der Waals surface area (Å²) in [4.78, 5) is 19.2. The van der Waals surface area contributed by atoms with Gasteiger partial charge >= 0.3 is 0 Å². The summed E-state index contributed by atoms with van der Waals surface area (Å²) in [6, 6.07) is 0.410. The number of amides is 1. The van der Waals surface area contributed by atoms with E-state index in [9.17, 15) is 4.79 Å². The predicted molar refractivity (Wildman–Crippen MR) is 72.1 cm³/mol. The molecule has 1 amide bonds. The molecule has 1 heterocycles. The van der Waals surface area contributed by atoms with E-state index in [-0.39, 0.29) is 11.3 Å². The SMILES string of the molecule is Cn1ccnc1CN(C(=O)C1(CN)CCC1)C1CC1. The Morgan fingerprint density at radius 3 is 2.74 bits per heavy atom. The minimum atomic E-state index is -0.270. The van der Waals surface area contributed by atoms with Crippen LogP contribution in [-0.4, -0.2) is 32.9 Å². The minimum Gasteiger partial charge on any atom is -0.337 e. The molecule has 2 saturated carbocycles. The number of nitrogens with zero attached hydrogens (tertiary/aromatic N) is 3. The molecule has 3 rings (SSSR count). The summed E-state index contributed by atoms with van der Waals surface area (Å²) in [5.41, 5.74) is 5.59. The summed E-state index contributed by atoms with van der Waals surface area (Å²) in [5.74, 6) is 1.21. The Kier molecular flexibility index (Phi) is 3.09. The summed E-state index contributed by atoms with van der Waals surface area (Å²) in [6.45, 7) is 1.10. The van der Waals surface area contributed by atoms with E-state index in [1.54, 1.807) is 6.20 Å². The highest BCUT2D eigenvalue weighted by Crippen LogP contribution is 2.44. The standard InChI is InChI=1S/C14H22N4O/c1-17-8-7-16-12(17)9-18(11-3-4-11)13(19)14(10-15)5-2-6-14/h7-8,11H,2-6,9-10,15H2,1H3. The zero-order valence-corrected chi connectivity index (χ0v) is 11.5. The van der Waals surface area contributed by atoms with Crippen LogP contribution in [0.3, 0.4) is 0 Å². The first kappa shape index (κ1) is 12.7. The number of hydrogen-bond acceptors (Lipinski definition) is 3. The monoisotopic (exact) mass is 262 g/mol. The van der Waals surface area contributed by atoms with Gasteiger partial charge < -0.3 is 15.2 Å². The third-order valence-electron chi connectivity index (χ3n) is 4.64. The fourth-order valence-electron chi connectivity index (χ4n) is 2.87. The van der Waals surface area contributed by atoms with Crippen molar-refractivity contribution >= 4 is 5.91 Å². The quantitative estimate of drug-likeness (QED) is 0.862. The fraction of sp³-hybridized carbons (Fsp3) is 0.714.